The van der Waals surface area contributed by atoms with Crippen LogP contribution < -0.4 is 15.4 Å². The third kappa shape index (κ3) is 4.42. The van der Waals surface area contributed by atoms with Crippen molar-refractivity contribution in [3.63, 3.8) is 0 Å². The molecule has 0 atom stereocenters. The maximum atomic E-state index is 13.1. The topological polar surface area (TPSA) is 109 Å². The van der Waals surface area contributed by atoms with E-state index < -0.39 is 0 Å². The minimum absolute atomic E-state index is 0.0530. The molecular weight excluding hydrogens is 414 g/mol. The predicted molar refractivity (Wildman–Crippen MR) is 123 cm³/mol. The van der Waals surface area contributed by atoms with E-state index >= 15 is 0 Å². The Bertz CT molecular complexity index is 1250. The molecule has 0 aliphatic heterocycles. The molecule has 3 N–H and O–H groups in total. The second-order valence-corrected chi connectivity index (χ2v) is 8.65. The van der Waals surface area contributed by atoms with Crippen LogP contribution in [0.4, 0.5) is 11.6 Å². The molecular formula is C22H23N5O3S. The summed E-state index contributed by atoms with van der Waals surface area (Å²) < 4.78 is 6.26. The first-order chi connectivity index (χ1) is 14.9. The largest absolute Gasteiger partial charge is 0.494 e. The van der Waals surface area contributed by atoms with E-state index in [0.29, 0.717) is 34.9 Å². The van der Waals surface area contributed by atoms with Crippen molar-refractivity contribution >= 4 is 50.0 Å². The zero-order valence-electron chi connectivity index (χ0n) is 17.5. The zero-order valence-corrected chi connectivity index (χ0v) is 18.3. The Labute approximate surface area is 183 Å². The zero-order chi connectivity index (χ0) is 22.0. The van der Waals surface area contributed by atoms with Gasteiger partial charge in [-0.25, -0.2) is 9.97 Å². The summed E-state index contributed by atoms with van der Waals surface area (Å²) in [4.78, 5) is 26.3. The van der Waals surface area contributed by atoms with E-state index in [1.54, 1.807) is 30.9 Å². The van der Waals surface area contributed by atoms with Crippen molar-refractivity contribution in [2.24, 2.45) is 0 Å². The highest BCUT2D eigenvalue weighted by Crippen LogP contribution is 2.31. The maximum Gasteiger partial charge on any atom is 0.258 e. The van der Waals surface area contributed by atoms with Gasteiger partial charge in [0.2, 0.25) is 5.95 Å². The van der Waals surface area contributed by atoms with Crippen molar-refractivity contribution in [3.8, 4) is 5.75 Å². The number of pyridine rings is 1. The van der Waals surface area contributed by atoms with Crippen molar-refractivity contribution in [1.82, 2.24) is 15.0 Å². The minimum Gasteiger partial charge on any atom is -0.494 e. The van der Waals surface area contributed by atoms with Crippen LogP contribution in [0.25, 0.3) is 21.1 Å². The summed E-state index contributed by atoms with van der Waals surface area (Å²) in [6.45, 7) is 3.97. The fourth-order valence-corrected chi connectivity index (χ4v) is 4.10. The number of nitrogens with one attached hydrogen (secondary N) is 2. The lowest BCUT2D eigenvalue weighted by atomic mass is 10.0. The van der Waals surface area contributed by atoms with Gasteiger partial charge in [-0.1, -0.05) is 6.07 Å². The van der Waals surface area contributed by atoms with Crippen LogP contribution in [0.15, 0.2) is 42.0 Å². The molecule has 4 rings (SSSR count). The molecule has 0 radical (unpaired) electrons. The number of ether oxygens (including phenoxy) is 1. The number of anilines is 2. The second kappa shape index (κ2) is 8.44. The van der Waals surface area contributed by atoms with Crippen molar-refractivity contribution in [3.05, 3.63) is 47.6 Å². The number of aliphatic hydroxyl groups excluding tert-OH is 1. The fraction of sp³-hybridized carbons (Fsp3) is 0.273. The smallest absolute Gasteiger partial charge is 0.258 e. The first-order valence-corrected chi connectivity index (χ1v) is 10.7. The first-order valence-electron chi connectivity index (χ1n) is 9.77. The van der Waals surface area contributed by atoms with E-state index in [1.807, 2.05) is 32.0 Å². The number of carbonyl (C=O) groups excluding carboxylic acids is 1. The van der Waals surface area contributed by atoms with Crippen LogP contribution in [-0.2, 0) is 0 Å². The molecule has 0 unspecified atom stereocenters. The Balaban J connectivity index is 1.65. The van der Waals surface area contributed by atoms with Gasteiger partial charge >= 0.3 is 0 Å². The Morgan fingerprint density at radius 1 is 1.29 bits per heavy atom. The van der Waals surface area contributed by atoms with Gasteiger partial charge in [-0.2, -0.15) is 0 Å². The fourth-order valence-electron chi connectivity index (χ4n) is 3.25. The standard InChI is InChI=1S/C22H23N5O3S/c1-22(2,6-8-28)27-21-24-11-18-19(26-21)14(12-31-18)20(29)25-16-9-13-5-4-7-23-15(13)10-17(16)30-3/h4-5,7,9-12,28H,6,8H2,1-3H3,(H,25,29)(H,24,26,27). The molecule has 0 fully saturated rings. The molecule has 8 nitrogen and oxygen atoms in total. The summed E-state index contributed by atoms with van der Waals surface area (Å²) in [5.74, 6) is 0.654. The number of rotatable bonds is 7. The summed E-state index contributed by atoms with van der Waals surface area (Å²) in [6, 6.07) is 7.41. The molecule has 0 spiro atoms. The molecule has 0 aliphatic carbocycles. The summed E-state index contributed by atoms with van der Waals surface area (Å²) in [5, 5.41) is 18.1. The second-order valence-electron chi connectivity index (χ2n) is 7.74. The molecule has 3 aromatic heterocycles. The number of hydrogen-bond donors (Lipinski definition) is 3. The molecule has 0 saturated carbocycles. The van der Waals surface area contributed by atoms with Crippen LogP contribution >= 0.6 is 11.3 Å². The van der Waals surface area contributed by atoms with Gasteiger partial charge in [-0.3, -0.25) is 9.78 Å². The number of carbonyl (C=O) groups is 1. The van der Waals surface area contributed by atoms with Gasteiger partial charge in [0.05, 0.1) is 40.3 Å². The van der Waals surface area contributed by atoms with E-state index in [2.05, 4.69) is 25.6 Å². The van der Waals surface area contributed by atoms with E-state index in [-0.39, 0.29) is 18.1 Å². The van der Waals surface area contributed by atoms with E-state index in [1.165, 1.54) is 11.3 Å². The van der Waals surface area contributed by atoms with Crippen LogP contribution in [-0.4, -0.2) is 45.2 Å². The van der Waals surface area contributed by atoms with Crippen LogP contribution in [0, 0.1) is 0 Å². The molecule has 3 heterocycles. The van der Waals surface area contributed by atoms with Crippen LogP contribution in [0.2, 0.25) is 0 Å². The van der Waals surface area contributed by atoms with Crippen molar-refractivity contribution < 1.29 is 14.6 Å². The van der Waals surface area contributed by atoms with Crippen molar-refractivity contribution in [2.75, 3.05) is 24.4 Å². The lowest BCUT2D eigenvalue weighted by molar-refractivity contribution is 0.102. The van der Waals surface area contributed by atoms with Crippen LogP contribution in [0.5, 0.6) is 5.75 Å². The third-order valence-electron chi connectivity index (χ3n) is 4.92. The monoisotopic (exact) mass is 437 g/mol. The highest BCUT2D eigenvalue weighted by molar-refractivity contribution is 7.17. The summed E-state index contributed by atoms with van der Waals surface area (Å²) in [7, 11) is 1.55. The van der Waals surface area contributed by atoms with Crippen LogP contribution in [0.1, 0.15) is 30.6 Å². The maximum absolute atomic E-state index is 13.1. The number of benzene rings is 1. The van der Waals surface area contributed by atoms with E-state index in [4.69, 9.17) is 4.74 Å². The number of aromatic nitrogens is 3. The van der Waals surface area contributed by atoms with Crippen LogP contribution in [0.3, 0.4) is 0 Å². The van der Waals surface area contributed by atoms with Gasteiger partial charge in [0, 0.05) is 35.2 Å². The van der Waals surface area contributed by atoms with Gasteiger partial charge in [0.1, 0.15) is 5.75 Å². The molecule has 0 saturated heterocycles. The van der Waals surface area contributed by atoms with Crippen molar-refractivity contribution in [1.29, 1.82) is 0 Å². The van der Waals surface area contributed by atoms with Gasteiger partial charge in [-0.15, -0.1) is 11.3 Å². The first kappa shape index (κ1) is 21.0. The van der Waals surface area contributed by atoms with Gasteiger partial charge in [0.25, 0.3) is 5.91 Å². The van der Waals surface area contributed by atoms with Gasteiger partial charge in [0.15, 0.2) is 0 Å². The average molecular weight is 438 g/mol. The number of methoxy groups -OCH3 is 1. The third-order valence-corrected chi connectivity index (χ3v) is 5.82. The minimum atomic E-state index is -0.382. The van der Waals surface area contributed by atoms with E-state index in [9.17, 15) is 9.90 Å². The summed E-state index contributed by atoms with van der Waals surface area (Å²) in [5.41, 5.74) is 1.99. The number of thiophene rings is 1. The normalized spacial score (nSPS) is 11.6. The molecule has 9 heteroatoms. The molecule has 31 heavy (non-hydrogen) atoms. The Morgan fingerprint density at radius 2 is 2.13 bits per heavy atom. The number of hydrogen-bond acceptors (Lipinski definition) is 8. The lowest BCUT2D eigenvalue weighted by Crippen LogP contribution is -2.32. The number of aliphatic hydroxyl groups is 1. The van der Waals surface area contributed by atoms with Crippen molar-refractivity contribution in [2.45, 2.75) is 25.8 Å². The number of amides is 1. The Kier molecular flexibility index (Phi) is 5.71. The predicted octanol–water partition coefficient (Wildman–Crippen LogP) is 4.07. The molecule has 0 bridgehead atoms. The summed E-state index contributed by atoms with van der Waals surface area (Å²) in [6.07, 6.45) is 3.95. The molecule has 1 amide bonds. The highest BCUT2D eigenvalue weighted by Gasteiger charge is 2.21. The van der Waals surface area contributed by atoms with Gasteiger partial charge in [-0.05, 0) is 32.4 Å². The highest BCUT2D eigenvalue weighted by atomic mass is 32.1. The molecule has 160 valence electrons. The Hall–Kier alpha value is -3.30. The van der Waals surface area contributed by atoms with E-state index in [0.717, 1.165) is 15.6 Å². The number of fused-ring (bicyclic) bond motifs is 2. The van der Waals surface area contributed by atoms with Gasteiger partial charge < -0.3 is 20.5 Å². The Morgan fingerprint density at radius 3 is 2.90 bits per heavy atom. The molecule has 0 aliphatic rings. The number of nitrogens with zero attached hydrogens (tertiary/aromatic N) is 3. The molecule has 1 aromatic carbocycles. The quantitative estimate of drug-likeness (QED) is 0.400. The summed E-state index contributed by atoms with van der Waals surface area (Å²) >= 11 is 1.41. The SMILES string of the molecule is COc1cc2ncccc2cc1NC(=O)c1csc2cnc(NC(C)(C)CCO)nc12. The average Bonchev–Trinajstić information content (AvgIpc) is 3.16. The lowest BCUT2D eigenvalue weighted by Gasteiger charge is -2.25. The molecule has 4 aromatic rings.